The van der Waals surface area contributed by atoms with E-state index in [-0.39, 0.29) is 21.4 Å². The third kappa shape index (κ3) is 10.3. The minimum atomic E-state index is -3.74. The van der Waals surface area contributed by atoms with Crippen molar-refractivity contribution < 1.29 is 23.1 Å². The number of nitrogens with one attached hydrogen (secondary N) is 1. The van der Waals surface area contributed by atoms with Crippen molar-refractivity contribution in [3.63, 3.8) is 0 Å². The summed E-state index contributed by atoms with van der Waals surface area (Å²) in [6.07, 6.45) is 10.8. The summed E-state index contributed by atoms with van der Waals surface area (Å²) in [5.41, 5.74) is 1.21. The van der Waals surface area contributed by atoms with Gasteiger partial charge in [0.2, 0.25) is 9.84 Å². The van der Waals surface area contributed by atoms with E-state index in [0.717, 1.165) is 25.7 Å². The zero-order valence-corrected chi connectivity index (χ0v) is 24.2. The number of benzene rings is 3. The minimum Gasteiger partial charge on any atom is -0.508 e. The van der Waals surface area contributed by atoms with Gasteiger partial charge < -0.3 is 15.2 Å². The summed E-state index contributed by atoms with van der Waals surface area (Å²) in [6.45, 7) is 4.00. The van der Waals surface area contributed by atoms with Gasteiger partial charge in [0.1, 0.15) is 11.5 Å². The fourth-order valence-electron chi connectivity index (χ4n) is 4.48. The molecule has 0 aliphatic rings. The lowest BCUT2D eigenvalue weighted by atomic mass is 10.1. The molecule has 3 rings (SSSR count). The number of phenolic OH excluding ortho intramolecular Hbond substituents is 1. The first-order valence-electron chi connectivity index (χ1n) is 14.4. The summed E-state index contributed by atoms with van der Waals surface area (Å²) in [5, 5.41) is 12.4. The molecule has 3 aromatic carbocycles. The first kappa shape index (κ1) is 31.2. The molecule has 3 aromatic rings. The van der Waals surface area contributed by atoms with Crippen molar-refractivity contribution in [2.75, 3.05) is 0 Å². The zero-order chi connectivity index (χ0) is 28.6. The summed E-state index contributed by atoms with van der Waals surface area (Å²) >= 11 is 0. The highest BCUT2D eigenvalue weighted by atomic mass is 32.2. The Kier molecular flexibility index (Phi) is 13.0. The lowest BCUT2D eigenvalue weighted by molar-refractivity contribution is -0.127. The van der Waals surface area contributed by atoms with Crippen molar-refractivity contribution in [2.24, 2.45) is 0 Å². The number of sulfone groups is 1. The molecule has 0 aliphatic heterocycles. The Labute approximate surface area is 239 Å². The van der Waals surface area contributed by atoms with Crippen LogP contribution in [0.3, 0.4) is 0 Å². The number of ether oxygens (including phenoxy) is 1. The molecule has 0 spiro atoms. The number of amides is 1. The molecule has 0 aliphatic carbocycles. The van der Waals surface area contributed by atoms with E-state index in [1.54, 1.807) is 18.7 Å². The highest BCUT2D eigenvalue weighted by Crippen LogP contribution is 2.25. The van der Waals surface area contributed by atoms with Gasteiger partial charge in [-0.2, -0.15) is 0 Å². The molecule has 215 valence electrons. The van der Waals surface area contributed by atoms with Crippen LogP contribution in [0.1, 0.15) is 76.7 Å². The van der Waals surface area contributed by atoms with Gasteiger partial charge in [0.25, 0.3) is 5.91 Å². The number of rotatable bonds is 18. The van der Waals surface area contributed by atoms with Crippen LogP contribution in [0.2, 0.25) is 0 Å². The number of aryl methyl sites for hydroxylation is 1. The number of carbonyl (C=O) groups is 1. The molecule has 0 aromatic heterocycles. The summed E-state index contributed by atoms with van der Waals surface area (Å²) in [4.78, 5) is 13.3. The average Bonchev–Trinajstić information content (AvgIpc) is 2.97. The smallest absolute Gasteiger partial charge is 0.261 e. The molecule has 40 heavy (non-hydrogen) atoms. The molecule has 2 N–H and O–H groups in total. The largest absolute Gasteiger partial charge is 0.508 e. The van der Waals surface area contributed by atoms with E-state index in [0.29, 0.717) is 18.6 Å². The van der Waals surface area contributed by atoms with Gasteiger partial charge in [-0.25, -0.2) is 8.42 Å². The van der Waals surface area contributed by atoms with Crippen LogP contribution in [-0.4, -0.2) is 25.5 Å². The molecule has 0 saturated heterocycles. The van der Waals surface area contributed by atoms with E-state index >= 15 is 0 Å². The van der Waals surface area contributed by atoms with Gasteiger partial charge in [-0.05, 0) is 79.8 Å². The van der Waals surface area contributed by atoms with Crippen molar-refractivity contribution in [1.29, 1.82) is 0 Å². The summed E-state index contributed by atoms with van der Waals surface area (Å²) in [6, 6.07) is 21.7. The summed E-state index contributed by atoms with van der Waals surface area (Å²) in [7, 11) is -3.74. The van der Waals surface area contributed by atoms with E-state index in [9.17, 15) is 18.3 Å². The maximum Gasteiger partial charge on any atom is 0.261 e. The maximum atomic E-state index is 13.1. The Balaban J connectivity index is 1.57. The van der Waals surface area contributed by atoms with E-state index in [1.165, 1.54) is 74.1 Å². The third-order valence-corrected chi connectivity index (χ3v) is 8.62. The molecule has 1 atom stereocenters. The van der Waals surface area contributed by atoms with Crippen LogP contribution in [0.15, 0.2) is 88.7 Å². The second-order valence-electron chi connectivity index (χ2n) is 10.1. The Morgan fingerprint density at radius 3 is 2.02 bits per heavy atom. The Bertz CT molecular complexity index is 1240. The zero-order valence-electron chi connectivity index (χ0n) is 23.4. The molecule has 1 unspecified atom stereocenters. The summed E-state index contributed by atoms with van der Waals surface area (Å²) < 4.78 is 31.9. The van der Waals surface area contributed by atoms with E-state index in [4.69, 9.17) is 4.74 Å². The maximum absolute atomic E-state index is 13.1. The number of hydrogen-bond donors (Lipinski definition) is 2. The van der Waals surface area contributed by atoms with Crippen LogP contribution in [0, 0.1) is 6.54 Å². The van der Waals surface area contributed by atoms with Gasteiger partial charge >= 0.3 is 0 Å². The predicted octanol–water partition coefficient (Wildman–Crippen LogP) is 7.41. The molecular formula is C33H42NO5S. The lowest BCUT2D eigenvalue weighted by Gasteiger charge is -2.19. The third-order valence-electron chi connectivity index (χ3n) is 6.84. The normalized spacial score (nSPS) is 12.1. The molecule has 0 fully saturated rings. The highest BCUT2D eigenvalue weighted by Gasteiger charge is 2.21. The standard InChI is InChI=1S/C33H42NO5S/c1-2-3-4-5-6-7-8-12-17-32(33(36)34-26-13-16-27-14-10-9-11-15-27)39-29-20-24-31(25-21-29)40(37,38)30-22-18-28(35)19-23-30/h9-11,14-15,18-26,32,35H,2-8,12-13,16-17H2,1H3,(H,34,36). The van der Waals surface area contributed by atoms with Crippen molar-refractivity contribution in [3.05, 3.63) is 91.0 Å². The van der Waals surface area contributed by atoms with Crippen LogP contribution >= 0.6 is 0 Å². The van der Waals surface area contributed by atoms with Crippen LogP contribution < -0.4 is 10.1 Å². The van der Waals surface area contributed by atoms with Crippen LogP contribution in [0.5, 0.6) is 11.5 Å². The van der Waals surface area contributed by atoms with Crippen molar-refractivity contribution >= 4 is 15.7 Å². The van der Waals surface area contributed by atoms with Gasteiger partial charge in [0.15, 0.2) is 6.10 Å². The monoisotopic (exact) mass is 564 g/mol. The number of hydrogen-bond acceptors (Lipinski definition) is 5. The van der Waals surface area contributed by atoms with Gasteiger partial charge in [0, 0.05) is 6.54 Å². The second-order valence-corrected chi connectivity index (χ2v) is 12.0. The Hall–Kier alpha value is -3.32. The van der Waals surface area contributed by atoms with Gasteiger partial charge in [0.05, 0.1) is 9.79 Å². The molecule has 0 bridgehead atoms. The highest BCUT2D eigenvalue weighted by molar-refractivity contribution is 7.91. The lowest BCUT2D eigenvalue weighted by Crippen LogP contribution is -2.37. The van der Waals surface area contributed by atoms with E-state index in [2.05, 4.69) is 24.4 Å². The predicted molar refractivity (Wildman–Crippen MR) is 159 cm³/mol. The molecule has 0 saturated carbocycles. The van der Waals surface area contributed by atoms with Gasteiger partial charge in [-0.15, -0.1) is 0 Å². The second kappa shape index (κ2) is 16.7. The topological polar surface area (TPSA) is 92.7 Å². The minimum absolute atomic E-state index is 0.000759. The molecule has 7 heteroatoms. The van der Waals surface area contributed by atoms with Crippen molar-refractivity contribution in [1.82, 2.24) is 5.32 Å². The van der Waals surface area contributed by atoms with Crippen molar-refractivity contribution in [2.45, 2.75) is 93.4 Å². The number of aromatic hydroxyl groups is 1. The van der Waals surface area contributed by atoms with Crippen molar-refractivity contribution in [3.8, 4) is 11.5 Å². The van der Waals surface area contributed by atoms with E-state index < -0.39 is 15.9 Å². The number of unbranched alkanes of at least 4 members (excludes halogenated alkanes) is 7. The van der Waals surface area contributed by atoms with Crippen LogP contribution in [-0.2, 0) is 21.1 Å². The average molecular weight is 565 g/mol. The van der Waals surface area contributed by atoms with Gasteiger partial charge in [-0.3, -0.25) is 4.79 Å². The van der Waals surface area contributed by atoms with Crippen LogP contribution in [0.4, 0.5) is 0 Å². The number of carbonyl (C=O) groups excluding carboxylic acids is 1. The molecule has 0 heterocycles. The quantitative estimate of drug-likeness (QED) is 0.157. The fourth-order valence-corrected chi connectivity index (χ4v) is 5.74. The fraction of sp³-hybridized carbons (Fsp3) is 0.394. The molecule has 6 nitrogen and oxygen atoms in total. The molecule has 1 radical (unpaired) electrons. The summed E-state index contributed by atoms with van der Waals surface area (Å²) in [5.74, 6) is 0.242. The van der Waals surface area contributed by atoms with Gasteiger partial charge in [-0.1, -0.05) is 82.2 Å². The Morgan fingerprint density at radius 1 is 0.825 bits per heavy atom. The molecule has 1 amide bonds. The van der Waals surface area contributed by atoms with Crippen LogP contribution in [0.25, 0.3) is 0 Å². The SMILES string of the molecule is CCCCCCCCCCC(Oc1ccc(S(=O)(=O)c2ccc(O)cc2)cc1)C(=O)N[CH]CCc1ccccc1. The Morgan fingerprint density at radius 2 is 1.40 bits per heavy atom. The first-order chi connectivity index (χ1) is 19.4. The first-order valence-corrected chi connectivity index (χ1v) is 15.9. The number of phenols is 1. The molecular weight excluding hydrogens is 522 g/mol. The van der Waals surface area contributed by atoms with E-state index in [1.807, 2.05) is 18.2 Å².